The highest BCUT2D eigenvalue weighted by Gasteiger charge is 2.04. The largest absolute Gasteiger partial charge is 0.484 e. The molecule has 1 amide bonds. The fourth-order valence-electron chi connectivity index (χ4n) is 2.37. The number of carbonyl (C=O) groups is 1. The second kappa shape index (κ2) is 8.92. The summed E-state index contributed by atoms with van der Waals surface area (Å²) >= 11 is 6.12. The van der Waals surface area contributed by atoms with Crippen molar-refractivity contribution in [3.8, 4) is 5.75 Å². The number of hydrogen-bond acceptors (Lipinski definition) is 3. The quantitative estimate of drug-likeness (QED) is 0.620. The Labute approximate surface area is 157 Å². The Balaban J connectivity index is 1.47. The third-order valence-electron chi connectivity index (χ3n) is 3.71. The summed E-state index contributed by atoms with van der Waals surface area (Å²) in [6.45, 7) is 0.616. The van der Waals surface area contributed by atoms with Gasteiger partial charge in [-0.3, -0.25) is 4.79 Å². The van der Waals surface area contributed by atoms with Crippen molar-refractivity contribution in [2.45, 2.75) is 6.54 Å². The Morgan fingerprint density at radius 2 is 1.58 bits per heavy atom. The van der Waals surface area contributed by atoms with E-state index < -0.39 is 0 Å². The number of carbonyl (C=O) groups excluding carboxylic acids is 1. The van der Waals surface area contributed by atoms with Crippen LogP contribution < -0.4 is 15.4 Å². The van der Waals surface area contributed by atoms with Gasteiger partial charge >= 0.3 is 0 Å². The van der Waals surface area contributed by atoms with Gasteiger partial charge in [-0.15, -0.1) is 0 Å². The molecule has 0 saturated heterocycles. The minimum absolute atomic E-state index is 0.0356. The van der Waals surface area contributed by atoms with Crippen molar-refractivity contribution in [1.29, 1.82) is 0 Å². The molecule has 0 heterocycles. The Morgan fingerprint density at radius 3 is 2.31 bits per heavy atom. The van der Waals surface area contributed by atoms with Crippen LogP contribution in [0.3, 0.4) is 0 Å². The number of rotatable bonds is 7. The van der Waals surface area contributed by atoms with Crippen LogP contribution in [0, 0.1) is 0 Å². The summed E-state index contributed by atoms with van der Waals surface area (Å²) in [5.74, 6) is 0.454. The van der Waals surface area contributed by atoms with E-state index in [1.165, 1.54) is 0 Å². The van der Waals surface area contributed by atoms with Crippen LogP contribution in [0.5, 0.6) is 5.75 Å². The first-order chi connectivity index (χ1) is 12.7. The van der Waals surface area contributed by atoms with E-state index in [1.807, 2.05) is 78.9 Å². The maximum absolute atomic E-state index is 11.9. The van der Waals surface area contributed by atoms with Crippen LogP contribution >= 0.6 is 11.6 Å². The molecule has 0 aliphatic carbocycles. The molecule has 0 aliphatic rings. The number of amides is 1. The summed E-state index contributed by atoms with van der Waals surface area (Å²) in [6.07, 6.45) is 0. The smallest absolute Gasteiger partial charge is 0.262 e. The molecule has 5 heteroatoms. The summed E-state index contributed by atoms with van der Waals surface area (Å²) in [5.41, 5.74) is 2.74. The van der Waals surface area contributed by atoms with E-state index in [2.05, 4.69) is 10.6 Å². The van der Waals surface area contributed by atoms with E-state index in [0.29, 0.717) is 17.3 Å². The van der Waals surface area contributed by atoms with E-state index >= 15 is 0 Å². The summed E-state index contributed by atoms with van der Waals surface area (Å²) in [6, 6.07) is 24.5. The Morgan fingerprint density at radius 1 is 0.885 bits per heavy atom. The molecule has 26 heavy (non-hydrogen) atoms. The van der Waals surface area contributed by atoms with Crippen LogP contribution in [0.4, 0.5) is 11.4 Å². The molecule has 0 fully saturated rings. The van der Waals surface area contributed by atoms with Gasteiger partial charge in [-0.25, -0.2) is 0 Å². The van der Waals surface area contributed by atoms with E-state index in [0.717, 1.165) is 16.9 Å². The average molecular weight is 367 g/mol. The molecule has 3 aromatic carbocycles. The zero-order valence-corrected chi connectivity index (χ0v) is 14.9. The molecule has 0 radical (unpaired) electrons. The molecule has 3 aromatic rings. The molecule has 0 aromatic heterocycles. The number of anilines is 2. The molecule has 0 atom stereocenters. The topological polar surface area (TPSA) is 50.4 Å². The second-order valence-electron chi connectivity index (χ2n) is 5.68. The average Bonchev–Trinajstić information content (AvgIpc) is 2.67. The van der Waals surface area contributed by atoms with Crippen LogP contribution in [-0.4, -0.2) is 12.5 Å². The third-order valence-corrected chi connectivity index (χ3v) is 4.04. The minimum atomic E-state index is -0.194. The second-order valence-corrected chi connectivity index (χ2v) is 6.09. The standard InChI is InChI=1S/C21H19ClN2O2/c22-19-8-4-5-9-20(19)23-14-16-10-12-18(13-11-16)26-15-21(25)24-17-6-2-1-3-7-17/h1-13,23H,14-15H2,(H,24,25). The first-order valence-corrected chi connectivity index (χ1v) is 8.63. The summed E-state index contributed by atoms with van der Waals surface area (Å²) in [7, 11) is 0. The van der Waals surface area contributed by atoms with Crippen LogP contribution in [0.25, 0.3) is 0 Å². The summed E-state index contributed by atoms with van der Waals surface area (Å²) in [5, 5.41) is 6.76. The first kappa shape index (κ1) is 17.8. The monoisotopic (exact) mass is 366 g/mol. The predicted molar refractivity (Wildman–Crippen MR) is 106 cm³/mol. The normalized spacial score (nSPS) is 10.2. The fraction of sp³-hybridized carbons (Fsp3) is 0.0952. The lowest BCUT2D eigenvalue weighted by Gasteiger charge is -2.10. The van der Waals surface area contributed by atoms with Crippen LogP contribution in [0.15, 0.2) is 78.9 Å². The lowest BCUT2D eigenvalue weighted by atomic mass is 10.2. The van der Waals surface area contributed by atoms with E-state index in [9.17, 15) is 4.79 Å². The molecule has 2 N–H and O–H groups in total. The molecule has 0 saturated carbocycles. The molecule has 0 spiro atoms. The molecule has 132 valence electrons. The van der Waals surface area contributed by atoms with Crippen molar-refractivity contribution in [3.63, 3.8) is 0 Å². The van der Waals surface area contributed by atoms with Crippen LogP contribution in [0.2, 0.25) is 5.02 Å². The maximum Gasteiger partial charge on any atom is 0.262 e. The third kappa shape index (κ3) is 5.26. The molecular formula is C21H19ClN2O2. The van der Waals surface area contributed by atoms with Gasteiger partial charge in [0, 0.05) is 12.2 Å². The molecule has 3 rings (SSSR count). The zero-order valence-electron chi connectivity index (χ0n) is 14.1. The zero-order chi connectivity index (χ0) is 18.2. The summed E-state index contributed by atoms with van der Waals surface area (Å²) in [4.78, 5) is 11.9. The first-order valence-electron chi connectivity index (χ1n) is 8.26. The van der Waals surface area contributed by atoms with Gasteiger partial charge in [0.2, 0.25) is 0 Å². The molecule has 0 unspecified atom stereocenters. The van der Waals surface area contributed by atoms with Gasteiger partial charge < -0.3 is 15.4 Å². The van der Waals surface area contributed by atoms with Gasteiger partial charge in [-0.2, -0.15) is 0 Å². The number of halogens is 1. The van der Waals surface area contributed by atoms with Crippen LogP contribution in [-0.2, 0) is 11.3 Å². The fourth-order valence-corrected chi connectivity index (χ4v) is 2.58. The van der Waals surface area contributed by atoms with Crippen molar-refractivity contribution in [2.24, 2.45) is 0 Å². The summed E-state index contributed by atoms with van der Waals surface area (Å²) < 4.78 is 5.52. The number of hydrogen-bond donors (Lipinski definition) is 2. The maximum atomic E-state index is 11.9. The van der Waals surface area contributed by atoms with Crippen molar-refractivity contribution in [3.05, 3.63) is 89.4 Å². The van der Waals surface area contributed by atoms with Gasteiger partial charge in [-0.1, -0.05) is 54.1 Å². The minimum Gasteiger partial charge on any atom is -0.484 e. The Kier molecular flexibility index (Phi) is 6.12. The van der Waals surface area contributed by atoms with E-state index in [1.54, 1.807) is 0 Å². The van der Waals surface area contributed by atoms with Crippen molar-refractivity contribution < 1.29 is 9.53 Å². The van der Waals surface area contributed by atoms with Gasteiger partial charge in [0.25, 0.3) is 5.91 Å². The highest BCUT2D eigenvalue weighted by molar-refractivity contribution is 6.33. The highest BCUT2D eigenvalue weighted by atomic mass is 35.5. The van der Waals surface area contributed by atoms with Gasteiger partial charge in [0.1, 0.15) is 5.75 Å². The van der Waals surface area contributed by atoms with E-state index in [-0.39, 0.29) is 12.5 Å². The van der Waals surface area contributed by atoms with E-state index in [4.69, 9.17) is 16.3 Å². The lowest BCUT2D eigenvalue weighted by Crippen LogP contribution is -2.20. The highest BCUT2D eigenvalue weighted by Crippen LogP contribution is 2.21. The van der Waals surface area contributed by atoms with Gasteiger partial charge in [0.15, 0.2) is 6.61 Å². The van der Waals surface area contributed by atoms with Gasteiger partial charge in [-0.05, 0) is 42.0 Å². The molecule has 0 aliphatic heterocycles. The Hall–Kier alpha value is -2.98. The molecular weight excluding hydrogens is 348 g/mol. The molecule has 4 nitrogen and oxygen atoms in total. The number of ether oxygens (including phenoxy) is 1. The number of benzene rings is 3. The van der Waals surface area contributed by atoms with Crippen molar-refractivity contribution in [2.75, 3.05) is 17.2 Å². The molecule has 0 bridgehead atoms. The number of para-hydroxylation sites is 2. The lowest BCUT2D eigenvalue weighted by molar-refractivity contribution is -0.118. The van der Waals surface area contributed by atoms with Crippen molar-refractivity contribution in [1.82, 2.24) is 0 Å². The predicted octanol–water partition coefficient (Wildman–Crippen LogP) is 4.97. The number of nitrogens with one attached hydrogen (secondary N) is 2. The SMILES string of the molecule is O=C(COc1ccc(CNc2ccccc2Cl)cc1)Nc1ccccc1. The van der Waals surface area contributed by atoms with Crippen LogP contribution in [0.1, 0.15) is 5.56 Å². The van der Waals surface area contributed by atoms with Gasteiger partial charge in [0.05, 0.1) is 10.7 Å². The van der Waals surface area contributed by atoms with Crippen molar-refractivity contribution >= 4 is 28.9 Å². The Bertz CT molecular complexity index is 851.